The third-order valence-electron chi connectivity index (χ3n) is 4.47. The lowest BCUT2D eigenvalue weighted by atomic mass is 10.0. The lowest BCUT2D eigenvalue weighted by Gasteiger charge is -2.32. The summed E-state index contributed by atoms with van der Waals surface area (Å²) in [4.78, 5) is 14.1. The lowest BCUT2D eigenvalue weighted by molar-refractivity contribution is 0.0908. The largest absolute Gasteiger partial charge is 0.349 e. The molecule has 0 radical (unpaired) electrons. The van der Waals surface area contributed by atoms with Crippen LogP contribution in [0.2, 0.25) is 0 Å². The van der Waals surface area contributed by atoms with Gasteiger partial charge < -0.3 is 5.32 Å². The molecule has 0 aromatic heterocycles. The standard InChI is InChI=1S/C19H19F3N2O/c20-14-6-4-13(5-7-14)19(25)23-15-8-10-24(11-9-15)12-16-17(21)2-1-3-18(16)22/h1-7,15H,8-12H2,(H,23,25). The van der Waals surface area contributed by atoms with E-state index < -0.39 is 11.6 Å². The SMILES string of the molecule is O=C(NC1CCN(Cc2c(F)cccc2F)CC1)c1ccc(F)cc1. The van der Waals surface area contributed by atoms with Gasteiger partial charge in [0.15, 0.2) is 0 Å². The molecule has 0 spiro atoms. The number of nitrogens with zero attached hydrogens (tertiary/aromatic N) is 1. The number of halogens is 3. The molecular formula is C19H19F3N2O. The maximum atomic E-state index is 13.7. The molecule has 0 bridgehead atoms. The van der Waals surface area contributed by atoms with E-state index in [2.05, 4.69) is 5.32 Å². The molecule has 1 fully saturated rings. The third-order valence-corrected chi connectivity index (χ3v) is 4.47. The van der Waals surface area contributed by atoms with E-state index in [4.69, 9.17) is 0 Å². The van der Waals surface area contributed by atoms with Crippen molar-refractivity contribution in [3.05, 3.63) is 71.0 Å². The van der Waals surface area contributed by atoms with E-state index in [-0.39, 0.29) is 29.9 Å². The summed E-state index contributed by atoms with van der Waals surface area (Å²) < 4.78 is 40.3. The van der Waals surface area contributed by atoms with Crippen LogP contribution in [0.1, 0.15) is 28.8 Å². The molecule has 1 aliphatic heterocycles. The molecule has 1 saturated heterocycles. The van der Waals surface area contributed by atoms with Crippen LogP contribution in [0, 0.1) is 17.5 Å². The van der Waals surface area contributed by atoms with E-state index in [0.717, 1.165) is 0 Å². The molecule has 132 valence electrons. The van der Waals surface area contributed by atoms with Crippen molar-refractivity contribution in [3.8, 4) is 0 Å². The number of carbonyl (C=O) groups excluding carboxylic acids is 1. The Labute approximate surface area is 144 Å². The highest BCUT2D eigenvalue weighted by atomic mass is 19.1. The van der Waals surface area contributed by atoms with Crippen molar-refractivity contribution in [2.24, 2.45) is 0 Å². The minimum atomic E-state index is -0.535. The van der Waals surface area contributed by atoms with Gasteiger partial charge in [0.1, 0.15) is 17.5 Å². The van der Waals surface area contributed by atoms with Crippen LogP contribution in [-0.4, -0.2) is 29.9 Å². The molecule has 1 aliphatic rings. The second-order valence-corrected chi connectivity index (χ2v) is 6.23. The fourth-order valence-corrected chi connectivity index (χ4v) is 3.01. The van der Waals surface area contributed by atoms with Gasteiger partial charge in [-0.15, -0.1) is 0 Å². The summed E-state index contributed by atoms with van der Waals surface area (Å²) in [6, 6.07) is 9.26. The van der Waals surface area contributed by atoms with Crippen molar-refractivity contribution in [2.75, 3.05) is 13.1 Å². The Bertz CT molecular complexity index is 721. The molecular weight excluding hydrogens is 329 g/mol. The van der Waals surface area contributed by atoms with E-state index in [9.17, 15) is 18.0 Å². The van der Waals surface area contributed by atoms with E-state index >= 15 is 0 Å². The zero-order valence-corrected chi connectivity index (χ0v) is 13.6. The molecule has 0 saturated carbocycles. The summed E-state index contributed by atoms with van der Waals surface area (Å²) in [5, 5.41) is 2.93. The van der Waals surface area contributed by atoms with Crippen LogP contribution in [-0.2, 0) is 6.54 Å². The van der Waals surface area contributed by atoms with Gasteiger partial charge in [-0.2, -0.15) is 0 Å². The molecule has 6 heteroatoms. The van der Waals surface area contributed by atoms with E-state index in [1.54, 1.807) is 0 Å². The molecule has 1 N–H and O–H groups in total. The highest BCUT2D eigenvalue weighted by molar-refractivity contribution is 5.94. The van der Waals surface area contributed by atoms with Crippen LogP contribution >= 0.6 is 0 Å². The van der Waals surface area contributed by atoms with Gasteiger partial charge >= 0.3 is 0 Å². The fourth-order valence-electron chi connectivity index (χ4n) is 3.01. The van der Waals surface area contributed by atoms with Gasteiger partial charge in [0.05, 0.1) is 0 Å². The summed E-state index contributed by atoms with van der Waals surface area (Å²) in [6.45, 7) is 1.50. The van der Waals surface area contributed by atoms with Crippen LogP contribution in [0.15, 0.2) is 42.5 Å². The summed E-state index contributed by atoms with van der Waals surface area (Å²) in [5.74, 6) is -1.69. The average Bonchev–Trinajstić information content (AvgIpc) is 2.60. The number of carbonyl (C=O) groups is 1. The van der Waals surface area contributed by atoms with Crippen molar-refractivity contribution >= 4 is 5.91 Å². The quantitative estimate of drug-likeness (QED) is 0.917. The minimum Gasteiger partial charge on any atom is -0.349 e. The van der Waals surface area contributed by atoms with Crippen molar-refractivity contribution in [3.63, 3.8) is 0 Å². The molecule has 2 aromatic rings. The monoisotopic (exact) mass is 348 g/mol. The lowest BCUT2D eigenvalue weighted by Crippen LogP contribution is -2.44. The number of piperidine rings is 1. The predicted molar refractivity (Wildman–Crippen MR) is 88.5 cm³/mol. The first kappa shape index (κ1) is 17.5. The fraction of sp³-hybridized carbons (Fsp3) is 0.316. The molecule has 0 atom stereocenters. The number of nitrogens with one attached hydrogen (secondary N) is 1. The Morgan fingerprint density at radius 2 is 1.60 bits per heavy atom. The molecule has 3 nitrogen and oxygen atoms in total. The van der Waals surface area contributed by atoms with Gasteiger partial charge in [0.2, 0.25) is 0 Å². The average molecular weight is 348 g/mol. The maximum absolute atomic E-state index is 13.7. The summed E-state index contributed by atoms with van der Waals surface area (Å²) in [6.07, 6.45) is 1.39. The van der Waals surface area contributed by atoms with Crippen LogP contribution in [0.4, 0.5) is 13.2 Å². The Kier molecular flexibility index (Phi) is 5.38. The predicted octanol–water partition coefficient (Wildman–Crippen LogP) is 3.50. The number of hydrogen-bond donors (Lipinski definition) is 1. The second kappa shape index (κ2) is 7.70. The molecule has 0 aliphatic carbocycles. The summed E-state index contributed by atoms with van der Waals surface area (Å²) in [7, 11) is 0. The number of benzene rings is 2. The Balaban J connectivity index is 1.52. The zero-order chi connectivity index (χ0) is 17.8. The van der Waals surface area contributed by atoms with Crippen LogP contribution in [0.3, 0.4) is 0 Å². The van der Waals surface area contributed by atoms with Crippen molar-refractivity contribution in [1.82, 2.24) is 10.2 Å². The van der Waals surface area contributed by atoms with E-state index in [1.165, 1.54) is 42.5 Å². The van der Waals surface area contributed by atoms with Gasteiger partial charge in [-0.25, -0.2) is 13.2 Å². The Morgan fingerprint density at radius 3 is 2.20 bits per heavy atom. The summed E-state index contributed by atoms with van der Waals surface area (Å²) >= 11 is 0. The number of likely N-dealkylation sites (tertiary alicyclic amines) is 1. The van der Waals surface area contributed by atoms with E-state index in [1.807, 2.05) is 4.90 Å². The van der Waals surface area contributed by atoms with Gasteiger partial charge in [-0.1, -0.05) is 6.07 Å². The normalized spacial score (nSPS) is 16.0. The van der Waals surface area contributed by atoms with Crippen molar-refractivity contribution in [2.45, 2.75) is 25.4 Å². The van der Waals surface area contributed by atoms with Crippen molar-refractivity contribution in [1.29, 1.82) is 0 Å². The highest BCUT2D eigenvalue weighted by Gasteiger charge is 2.22. The number of rotatable bonds is 4. The highest BCUT2D eigenvalue weighted by Crippen LogP contribution is 2.18. The maximum Gasteiger partial charge on any atom is 0.251 e. The van der Waals surface area contributed by atoms with Crippen molar-refractivity contribution < 1.29 is 18.0 Å². The Hall–Kier alpha value is -2.34. The first-order valence-electron chi connectivity index (χ1n) is 8.24. The second-order valence-electron chi connectivity index (χ2n) is 6.23. The topological polar surface area (TPSA) is 32.3 Å². The van der Waals surface area contributed by atoms with Crippen LogP contribution < -0.4 is 5.32 Å². The minimum absolute atomic E-state index is 0.000676. The molecule has 25 heavy (non-hydrogen) atoms. The number of hydrogen-bond acceptors (Lipinski definition) is 2. The van der Waals surface area contributed by atoms with Gasteiger partial charge in [0.25, 0.3) is 5.91 Å². The molecule has 2 aromatic carbocycles. The molecule has 1 amide bonds. The molecule has 3 rings (SSSR count). The first-order chi connectivity index (χ1) is 12.0. The molecule has 1 heterocycles. The number of amides is 1. The smallest absolute Gasteiger partial charge is 0.251 e. The Morgan fingerprint density at radius 1 is 1.00 bits per heavy atom. The molecule has 0 unspecified atom stereocenters. The summed E-state index contributed by atoms with van der Waals surface area (Å²) in [5.41, 5.74) is 0.494. The van der Waals surface area contributed by atoms with Crippen LogP contribution in [0.25, 0.3) is 0 Å². The third kappa shape index (κ3) is 4.39. The zero-order valence-electron chi connectivity index (χ0n) is 13.6. The first-order valence-corrected chi connectivity index (χ1v) is 8.24. The van der Waals surface area contributed by atoms with E-state index in [0.29, 0.717) is 31.5 Å². The van der Waals surface area contributed by atoms with Gasteiger partial charge in [-0.05, 0) is 49.2 Å². The van der Waals surface area contributed by atoms with Gasteiger partial charge in [0, 0.05) is 36.8 Å². The van der Waals surface area contributed by atoms with Crippen LogP contribution in [0.5, 0.6) is 0 Å². The van der Waals surface area contributed by atoms with Gasteiger partial charge in [-0.3, -0.25) is 9.69 Å².